The van der Waals surface area contributed by atoms with Crippen molar-refractivity contribution in [2.75, 3.05) is 37.6 Å². The van der Waals surface area contributed by atoms with E-state index >= 15 is 0 Å². The van der Waals surface area contributed by atoms with Crippen LogP contribution in [0.1, 0.15) is 55.3 Å². The van der Waals surface area contributed by atoms with Crippen molar-refractivity contribution in [3.05, 3.63) is 33.9 Å². The van der Waals surface area contributed by atoms with Crippen LogP contribution in [0.2, 0.25) is 0 Å². The smallest absolute Gasteiger partial charge is 0.293 e. The Hall–Kier alpha value is -2.64. The van der Waals surface area contributed by atoms with Crippen LogP contribution in [0.5, 0.6) is 0 Å². The van der Waals surface area contributed by atoms with E-state index in [1.54, 1.807) is 12.1 Å². The largest absolute Gasteiger partial charge is 0.366 e. The molecule has 0 unspecified atom stereocenters. The Balaban J connectivity index is 1.59. The molecule has 0 aliphatic carbocycles. The fourth-order valence-corrected chi connectivity index (χ4v) is 3.90. The van der Waals surface area contributed by atoms with Gasteiger partial charge in [-0.05, 0) is 37.8 Å². The number of amides is 2. The molecule has 1 aromatic rings. The van der Waals surface area contributed by atoms with Gasteiger partial charge in [0, 0.05) is 50.8 Å². The predicted octanol–water partition coefficient (Wildman–Crippen LogP) is 2.72. The van der Waals surface area contributed by atoms with E-state index in [9.17, 15) is 19.7 Å². The van der Waals surface area contributed by atoms with Gasteiger partial charge in [-0.15, -0.1) is 0 Å². The minimum atomic E-state index is -0.407. The molecule has 0 atom stereocenters. The zero-order valence-corrected chi connectivity index (χ0v) is 16.2. The number of nitrogens with zero attached hydrogens (tertiary/aromatic N) is 3. The molecule has 8 nitrogen and oxygen atoms in total. The number of likely N-dealkylation sites (tertiary alicyclic amines) is 1. The normalized spacial score (nSPS) is 17.5. The third-order valence-corrected chi connectivity index (χ3v) is 5.44. The molecule has 2 aliphatic rings. The maximum atomic E-state index is 12.4. The highest BCUT2D eigenvalue weighted by Gasteiger charge is 2.23. The van der Waals surface area contributed by atoms with Crippen LogP contribution in [-0.2, 0) is 4.79 Å². The Morgan fingerprint density at radius 2 is 1.86 bits per heavy atom. The lowest BCUT2D eigenvalue weighted by Crippen LogP contribution is -2.30. The number of anilines is 1. The van der Waals surface area contributed by atoms with Crippen molar-refractivity contribution in [1.29, 1.82) is 0 Å². The van der Waals surface area contributed by atoms with Crippen molar-refractivity contribution in [2.45, 2.75) is 44.9 Å². The quantitative estimate of drug-likeness (QED) is 0.440. The van der Waals surface area contributed by atoms with Crippen LogP contribution in [0.25, 0.3) is 0 Å². The molecule has 1 N–H and O–H groups in total. The highest BCUT2D eigenvalue weighted by atomic mass is 16.6. The molecule has 0 saturated carbocycles. The molecule has 3 rings (SSSR count). The summed E-state index contributed by atoms with van der Waals surface area (Å²) in [5, 5.41) is 14.4. The van der Waals surface area contributed by atoms with Crippen LogP contribution in [0.15, 0.2) is 18.2 Å². The van der Waals surface area contributed by atoms with Crippen LogP contribution in [0, 0.1) is 10.1 Å². The van der Waals surface area contributed by atoms with Crippen LogP contribution in [0.4, 0.5) is 11.4 Å². The third kappa shape index (κ3) is 4.99. The maximum absolute atomic E-state index is 12.4. The number of rotatable bonds is 7. The molecule has 8 heteroatoms. The predicted molar refractivity (Wildman–Crippen MR) is 107 cm³/mol. The van der Waals surface area contributed by atoms with Crippen molar-refractivity contribution in [3.8, 4) is 0 Å². The fourth-order valence-electron chi connectivity index (χ4n) is 3.90. The van der Waals surface area contributed by atoms with E-state index in [0.717, 1.165) is 51.7 Å². The van der Waals surface area contributed by atoms with Gasteiger partial charge >= 0.3 is 0 Å². The topological polar surface area (TPSA) is 95.8 Å². The van der Waals surface area contributed by atoms with E-state index in [-0.39, 0.29) is 17.5 Å². The SMILES string of the molecule is O=C(NCCCN1CCCC1=O)c1ccc(N2CCCCCC2)c([N+](=O)[O-])c1. The molecule has 0 spiro atoms. The van der Waals surface area contributed by atoms with Gasteiger partial charge in [-0.3, -0.25) is 19.7 Å². The zero-order valence-electron chi connectivity index (χ0n) is 16.2. The van der Waals surface area contributed by atoms with Crippen LogP contribution in [0.3, 0.4) is 0 Å². The molecule has 2 aliphatic heterocycles. The number of nitro benzene ring substituents is 1. The van der Waals surface area contributed by atoms with Gasteiger partial charge in [0.15, 0.2) is 0 Å². The number of benzene rings is 1. The molecule has 0 aromatic heterocycles. The van der Waals surface area contributed by atoms with E-state index in [2.05, 4.69) is 10.2 Å². The first-order valence-electron chi connectivity index (χ1n) is 10.2. The van der Waals surface area contributed by atoms with E-state index in [1.165, 1.54) is 6.07 Å². The van der Waals surface area contributed by atoms with Gasteiger partial charge in [0.1, 0.15) is 5.69 Å². The van der Waals surface area contributed by atoms with Crippen molar-refractivity contribution in [1.82, 2.24) is 10.2 Å². The molecule has 2 fully saturated rings. The summed E-state index contributed by atoms with van der Waals surface area (Å²) in [5.41, 5.74) is 0.871. The Bertz CT molecular complexity index is 729. The van der Waals surface area contributed by atoms with Gasteiger partial charge in [-0.25, -0.2) is 0 Å². The summed E-state index contributed by atoms with van der Waals surface area (Å²) < 4.78 is 0. The van der Waals surface area contributed by atoms with Gasteiger partial charge in [-0.1, -0.05) is 12.8 Å². The summed E-state index contributed by atoms with van der Waals surface area (Å²) >= 11 is 0. The number of hydrogen-bond donors (Lipinski definition) is 1. The minimum Gasteiger partial charge on any atom is -0.366 e. The molecule has 0 radical (unpaired) electrons. The van der Waals surface area contributed by atoms with E-state index in [0.29, 0.717) is 37.2 Å². The Morgan fingerprint density at radius 3 is 2.50 bits per heavy atom. The number of carbonyl (C=O) groups is 2. The maximum Gasteiger partial charge on any atom is 0.293 e. The van der Waals surface area contributed by atoms with E-state index in [1.807, 2.05) is 4.90 Å². The van der Waals surface area contributed by atoms with Gasteiger partial charge < -0.3 is 15.1 Å². The van der Waals surface area contributed by atoms with Crippen LogP contribution in [-0.4, -0.2) is 54.4 Å². The number of carbonyl (C=O) groups excluding carboxylic acids is 2. The first kappa shape index (κ1) is 20.1. The van der Waals surface area contributed by atoms with E-state index in [4.69, 9.17) is 0 Å². The first-order valence-corrected chi connectivity index (χ1v) is 10.2. The molecular formula is C20H28N4O4. The fraction of sp³-hybridized carbons (Fsp3) is 0.600. The number of hydrogen-bond acceptors (Lipinski definition) is 5. The highest BCUT2D eigenvalue weighted by Crippen LogP contribution is 2.31. The summed E-state index contributed by atoms with van der Waals surface area (Å²) in [6, 6.07) is 4.73. The van der Waals surface area contributed by atoms with Crippen molar-refractivity contribution >= 4 is 23.2 Å². The van der Waals surface area contributed by atoms with Crippen molar-refractivity contribution < 1.29 is 14.5 Å². The second-order valence-electron chi connectivity index (χ2n) is 7.46. The highest BCUT2D eigenvalue weighted by molar-refractivity contribution is 5.95. The Morgan fingerprint density at radius 1 is 1.11 bits per heavy atom. The first-order chi connectivity index (χ1) is 13.6. The molecule has 0 bridgehead atoms. The van der Waals surface area contributed by atoms with Gasteiger partial charge in [-0.2, -0.15) is 0 Å². The molecule has 2 amide bonds. The average Bonchev–Trinajstić information content (AvgIpc) is 2.93. The van der Waals surface area contributed by atoms with Gasteiger partial charge in [0.05, 0.1) is 4.92 Å². The molecule has 152 valence electrons. The number of nitro groups is 1. The summed E-state index contributed by atoms with van der Waals surface area (Å²) in [6.07, 6.45) is 6.53. The third-order valence-electron chi connectivity index (χ3n) is 5.44. The standard InChI is InChI=1S/C20H28N4O4/c25-19-7-5-13-23(19)14-6-10-21-20(26)16-8-9-17(18(15-16)24(27)28)22-11-3-1-2-4-12-22/h8-9,15H,1-7,10-14H2,(H,21,26). The van der Waals surface area contributed by atoms with Crippen molar-refractivity contribution in [3.63, 3.8) is 0 Å². The van der Waals surface area contributed by atoms with E-state index < -0.39 is 4.92 Å². The van der Waals surface area contributed by atoms with Crippen LogP contribution >= 0.6 is 0 Å². The summed E-state index contributed by atoms with van der Waals surface area (Å²) in [7, 11) is 0. The number of nitrogens with one attached hydrogen (secondary N) is 1. The van der Waals surface area contributed by atoms with Gasteiger partial charge in [0.2, 0.25) is 5.91 Å². The molecule has 2 heterocycles. The second-order valence-corrected chi connectivity index (χ2v) is 7.46. The lowest BCUT2D eigenvalue weighted by atomic mass is 10.1. The molecule has 2 saturated heterocycles. The van der Waals surface area contributed by atoms with Gasteiger partial charge in [0.25, 0.3) is 11.6 Å². The lowest BCUT2D eigenvalue weighted by molar-refractivity contribution is -0.384. The molecule has 28 heavy (non-hydrogen) atoms. The average molecular weight is 388 g/mol. The zero-order chi connectivity index (χ0) is 19.9. The molecular weight excluding hydrogens is 360 g/mol. The van der Waals surface area contributed by atoms with Crippen molar-refractivity contribution in [2.24, 2.45) is 0 Å². The Labute approximate surface area is 165 Å². The summed E-state index contributed by atoms with van der Waals surface area (Å²) in [5.74, 6) is -0.149. The monoisotopic (exact) mass is 388 g/mol. The summed E-state index contributed by atoms with van der Waals surface area (Å²) in [6.45, 7) is 3.47. The lowest BCUT2D eigenvalue weighted by Gasteiger charge is -2.22. The minimum absolute atomic E-state index is 0.0165. The Kier molecular flexibility index (Phi) is 6.84. The second kappa shape index (κ2) is 9.52. The van der Waals surface area contributed by atoms with Crippen LogP contribution < -0.4 is 10.2 Å². The summed E-state index contributed by atoms with van der Waals surface area (Å²) in [4.78, 5) is 39.0. The molecule has 1 aromatic carbocycles.